The molecular weight excluding hydrogens is 174 g/mol. The van der Waals surface area contributed by atoms with Crippen LogP contribution in [0.2, 0.25) is 0 Å². The van der Waals surface area contributed by atoms with Crippen LogP contribution in [0, 0.1) is 0 Å². The Morgan fingerprint density at radius 1 is 1.50 bits per heavy atom. The average molecular weight is 191 g/mol. The first kappa shape index (κ1) is 9.62. The monoisotopic (exact) mass is 191 g/mol. The van der Waals surface area contributed by atoms with Crippen LogP contribution in [0.3, 0.4) is 0 Å². The maximum Gasteiger partial charge on any atom is 0.0508 e. The molecule has 1 aromatic rings. The molecule has 2 heterocycles. The molecule has 1 atom stereocenters. The van der Waals surface area contributed by atoms with Crippen LogP contribution in [-0.2, 0) is 0 Å². The van der Waals surface area contributed by atoms with Crippen molar-refractivity contribution in [3.8, 4) is 0 Å². The summed E-state index contributed by atoms with van der Waals surface area (Å²) in [6.45, 7) is 1.13. The standard InChI is InChI=1S/C11H17N3/c1-12-14-8-3-2-6-11(14)10-5-4-7-13-9-10/h4-5,7,9,11-12H,2-3,6,8H2,1H3/t11-/m0/s1. The zero-order valence-electron chi connectivity index (χ0n) is 8.61. The Morgan fingerprint density at radius 2 is 2.43 bits per heavy atom. The summed E-state index contributed by atoms with van der Waals surface area (Å²) in [5, 5.41) is 2.31. The Balaban J connectivity index is 2.15. The summed E-state index contributed by atoms with van der Waals surface area (Å²) in [6, 6.07) is 4.67. The number of aromatic nitrogens is 1. The van der Waals surface area contributed by atoms with Gasteiger partial charge in [-0.2, -0.15) is 0 Å². The summed E-state index contributed by atoms with van der Waals surface area (Å²) >= 11 is 0. The predicted octanol–water partition coefficient (Wildman–Crippen LogP) is 1.74. The lowest BCUT2D eigenvalue weighted by atomic mass is 9.98. The SMILES string of the molecule is CNN1CCCC[C@H]1c1cccnc1. The van der Waals surface area contributed by atoms with Crippen LogP contribution in [-0.4, -0.2) is 23.6 Å². The zero-order chi connectivity index (χ0) is 9.80. The van der Waals surface area contributed by atoms with Gasteiger partial charge < -0.3 is 0 Å². The number of hydrogen-bond acceptors (Lipinski definition) is 3. The van der Waals surface area contributed by atoms with Crippen molar-refractivity contribution in [3.63, 3.8) is 0 Å². The predicted molar refractivity (Wildman–Crippen MR) is 56.6 cm³/mol. The highest BCUT2D eigenvalue weighted by molar-refractivity contribution is 5.14. The molecular formula is C11H17N3. The molecule has 0 bridgehead atoms. The largest absolute Gasteiger partial charge is 0.264 e. The topological polar surface area (TPSA) is 28.2 Å². The molecule has 1 saturated heterocycles. The molecule has 14 heavy (non-hydrogen) atoms. The number of rotatable bonds is 2. The van der Waals surface area contributed by atoms with Gasteiger partial charge in [-0.25, -0.2) is 5.01 Å². The molecule has 3 heteroatoms. The van der Waals surface area contributed by atoms with E-state index in [1.807, 2.05) is 25.5 Å². The van der Waals surface area contributed by atoms with Crippen molar-refractivity contribution < 1.29 is 0 Å². The fraction of sp³-hybridized carbons (Fsp3) is 0.545. The molecule has 0 saturated carbocycles. The van der Waals surface area contributed by atoms with Crippen molar-refractivity contribution in [2.24, 2.45) is 0 Å². The molecule has 1 aliphatic rings. The Morgan fingerprint density at radius 3 is 3.14 bits per heavy atom. The van der Waals surface area contributed by atoms with E-state index in [0.717, 1.165) is 6.54 Å². The first-order valence-corrected chi connectivity index (χ1v) is 5.26. The van der Waals surface area contributed by atoms with Gasteiger partial charge in [-0.05, 0) is 31.5 Å². The molecule has 2 rings (SSSR count). The van der Waals surface area contributed by atoms with Crippen LogP contribution in [0.5, 0.6) is 0 Å². The summed E-state index contributed by atoms with van der Waals surface area (Å²) in [7, 11) is 1.99. The summed E-state index contributed by atoms with van der Waals surface area (Å²) in [4.78, 5) is 4.17. The lowest BCUT2D eigenvalue weighted by molar-refractivity contribution is 0.0982. The highest BCUT2D eigenvalue weighted by Gasteiger charge is 2.22. The van der Waals surface area contributed by atoms with Gasteiger partial charge in [0.25, 0.3) is 0 Å². The van der Waals surface area contributed by atoms with E-state index >= 15 is 0 Å². The summed E-state index contributed by atoms with van der Waals surface area (Å²) in [6.07, 6.45) is 7.64. The van der Waals surface area contributed by atoms with E-state index in [4.69, 9.17) is 0 Å². The number of hydrazine groups is 1. The third kappa shape index (κ3) is 1.94. The van der Waals surface area contributed by atoms with Gasteiger partial charge in [-0.3, -0.25) is 10.4 Å². The van der Waals surface area contributed by atoms with Crippen LogP contribution >= 0.6 is 0 Å². The maximum absolute atomic E-state index is 4.17. The average Bonchev–Trinajstić information content (AvgIpc) is 2.30. The first-order chi connectivity index (χ1) is 6.92. The van der Waals surface area contributed by atoms with Gasteiger partial charge in [0.2, 0.25) is 0 Å². The van der Waals surface area contributed by atoms with E-state index in [2.05, 4.69) is 21.5 Å². The third-order valence-corrected chi connectivity index (χ3v) is 2.86. The van der Waals surface area contributed by atoms with E-state index in [1.54, 1.807) is 0 Å². The number of pyridine rings is 1. The molecule has 0 spiro atoms. The van der Waals surface area contributed by atoms with Gasteiger partial charge in [-0.1, -0.05) is 12.5 Å². The minimum atomic E-state index is 0.502. The molecule has 76 valence electrons. The zero-order valence-corrected chi connectivity index (χ0v) is 8.61. The minimum Gasteiger partial charge on any atom is -0.264 e. The molecule has 1 aliphatic heterocycles. The second-order valence-corrected chi connectivity index (χ2v) is 3.71. The second kappa shape index (κ2) is 4.53. The Bertz CT molecular complexity index is 273. The van der Waals surface area contributed by atoms with Gasteiger partial charge in [-0.15, -0.1) is 0 Å². The fourth-order valence-electron chi connectivity index (χ4n) is 2.12. The molecule has 1 N–H and O–H groups in total. The number of piperidine rings is 1. The van der Waals surface area contributed by atoms with Crippen molar-refractivity contribution >= 4 is 0 Å². The number of hydrogen-bond donors (Lipinski definition) is 1. The summed E-state index contributed by atoms with van der Waals surface area (Å²) < 4.78 is 0. The highest BCUT2D eigenvalue weighted by atomic mass is 15.5. The van der Waals surface area contributed by atoms with Gasteiger partial charge in [0.05, 0.1) is 6.04 Å². The highest BCUT2D eigenvalue weighted by Crippen LogP contribution is 2.28. The molecule has 3 nitrogen and oxygen atoms in total. The van der Waals surface area contributed by atoms with E-state index in [9.17, 15) is 0 Å². The van der Waals surface area contributed by atoms with E-state index in [1.165, 1.54) is 24.8 Å². The van der Waals surface area contributed by atoms with Crippen LogP contribution in [0.25, 0.3) is 0 Å². The van der Waals surface area contributed by atoms with Gasteiger partial charge >= 0.3 is 0 Å². The molecule has 0 radical (unpaired) electrons. The third-order valence-electron chi connectivity index (χ3n) is 2.86. The maximum atomic E-state index is 4.17. The van der Waals surface area contributed by atoms with Gasteiger partial charge in [0, 0.05) is 18.9 Å². The van der Waals surface area contributed by atoms with Gasteiger partial charge in [0.15, 0.2) is 0 Å². The molecule has 0 aliphatic carbocycles. The van der Waals surface area contributed by atoms with Crippen molar-refractivity contribution in [1.82, 2.24) is 15.4 Å². The Kier molecular flexibility index (Phi) is 3.11. The van der Waals surface area contributed by atoms with Crippen molar-refractivity contribution in [3.05, 3.63) is 30.1 Å². The minimum absolute atomic E-state index is 0.502. The van der Waals surface area contributed by atoms with E-state index < -0.39 is 0 Å². The van der Waals surface area contributed by atoms with Crippen molar-refractivity contribution in [2.45, 2.75) is 25.3 Å². The second-order valence-electron chi connectivity index (χ2n) is 3.71. The molecule has 1 aromatic heterocycles. The normalized spacial score (nSPS) is 23.6. The van der Waals surface area contributed by atoms with Crippen LogP contribution < -0.4 is 5.43 Å². The fourth-order valence-corrected chi connectivity index (χ4v) is 2.12. The van der Waals surface area contributed by atoms with Crippen molar-refractivity contribution in [2.75, 3.05) is 13.6 Å². The van der Waals surface area contributed by atoms with Crippen LogP contribution in [0.15, 0.2) is 24.5 Å². The lowest BCUT2D eigenvalue weighted by Crippen LogP contribution is -2.41. The molecule has 1 fully saturated rings. The molecule has 0 unspecified atom stereocenters. The summed E-state index contributed by atoms with van der Waals surface area (Å²) in [5.41, 5.74) is 4.58. The molecule has 0 aromatic carbocycles. The quantitative estimate of drug-likeness (QED) is 0.771. The summed E-state index contributed by atoms with van der Waals surface area (Å²) in [5.74, 6) is 0. The number of nitrogens with zero attached hydrogens (tertiary/aromatic N) is 2. The first-order valence-electron chi connectivity index (χ1n) is 5.26. The van der Waals surface area contributed by atoms with E-state index in [-0.39, 0.29) is 0 Å². The van der Waals surface area contributed by atoms with Crippen molar-refractivity contribution in [1.29, 1.82) is 0 Å². The Hall–Kier alpha value is -0.930. The Labute approximate surface area is 85.1 Å². The lowest BCUT2D eigenvalue weighted by Gasteiger charge is -2.34. The van der Waals surface area contributed by atoms with Crippen LogP contribution in [0.4, 0.5) is 0 Å². The van der Waals surface area contributed by atoms with Gasteiger partial charge in [0.1, 0.15) is 0 Å². The number of nitrogens with one attached hydrogen (secondary N) is 1. The van der Waals surface area contributed by atoms with E-state index in [0.29, 0.717) is 6.04 Å². The molecule has 0 amide bonds. The smallest absolute Gasteiger partial charge is 0.0508 e. The van der Waals surface area contributed by atoms with Crippen LogP contribution in [0.1, 0.15) is 30.9 Å².